The molecule has 0 radical (unpaired) electrons. The van der Waals surface area contributed by atoms with Gasteiger partial charge in [0.25, 0.3) is 0 Å². The van der Waals surface area contributed by atoms with Gasteiger partial charge in [0.2, 0.25) is 0 Å². The van der Waals surface area contributed by atoms with Crippen LogP contribution in [0.25, 0.3) is 6.08 Å². The van der Waals surface area contributed by atoms with Gasteiger partial charge in [-0.25, -0.2) is 0 Å². The van der Waals surface area contributed by atoms with Crippen molar-refractivity contribution in [1.29, 1.82) is 10.5 Å². The Kier molecular flexibility index (Phi) is 5.31. The third kappa shape index (κ3) is 3.86. The topological polar surface area (TPSA) is 83.1 Å². The number of rotatable bonds is 4. The van der Waals surface area contributed by atoms with Crippen molar-refractivity contribution >= 4 is 12.0 Å². The molecule has 0 aliphatic rings. The van der Waals surface area contributed by atoms with Crippen LogP contribution < -0.4 is 9.47 Å². The number of allylic oxidation sites excluding steroid dienone is 1. The van der Waals surface area contributed by atoms with Crippen molar-refractivity contribution in [3.8, 4) is 23.6 Å². The summed E-state index contributed by atoms with van der Waals surface area (Å²) in [6.07, 6.45) is 1.43. The van der Waals surface area contributed by atoms with Gasteiger partial charge in [0.15, 0.2) is 11.5 Å². The van der Waals surface area contributed by atoms with E-state index in [1.807, 2.05) is 0 Å². The van der Waals surface area contributed by atoms with E-state index in [0.29, 0.717) is 17.1 Å². The molecule has 0 bridgehead atoms. The highest BCUT2D eigenvalue weighted by atomic mass is 16.6. The molecule has 0 atom stereocenters. The Hall–Kier alpha value is -2.79. The van der Waals surface area contributed by atoms with Crippen molar-refractivity contribution in [2.24, 2.45) is 5.92 Å². The van der Waals surface area contributed by atoms with Gasteiger partial charge in [0.05, 0.1) is 13.0 Å². The van der Waals surface area contributed by atoms with E-state index >= 15 is 0 Å². The average Bonchev–Trinajstić information content (AvgIpc) is 2.45. The van der Waals surface area contributed by atoms with E-state index in [4.69, 9.17) is 20.0 Å². The van der Waals surface area contributed by atoms with Gasteiger partial charge in [0, 0.05) is 0 Å². The van der Waals surface area contributed by atoms with Crippen LogP contribution in [0.5, 0.6) is 11.5 Å². The van der Waals surface area contributed by atoms with Gasteiger partial charge >= 0.3 is 5.97 Å². The molecule has 0 aliphatic heterocycles. The Labute approximate surface area is 117 Å². The first-order valence-electron chi connectivity index (χ1n) is 5.93. The van der Waals surface area contributed by atoms with Crippen LogP contribution in [0, 0.1) is 28.6 Å². The molecule has 102 valence electrons. The highest BCUT2D eigenvalue weighted by Crippen LogP contribution is 2.29. The molecule has 0 spiro atoms. The van der Waals surface area contributed by atoms with Crippen LogP contribution in [-0.4, -0.2) is 13.1 Å². The quantitative estimate of drug-likeness (QED) is 0.477. The third-order valence-electron chi connectivity index (χ3n) is 2.42. The molecule has 20 heavy (non-hydrogen) atoms. The summed E-state index contributed by atoms with van der Waals surface area (Å²) >= 11 is 0. The molecule has 5 heteroatoms. The normalized spacial score (nSPS) is 9.30. The number of methoxy groups -OCH3 is 1. The van der Waals surface area contributed by atoms with Crippen molar-refractivity contribution in [2.75, 3.05) is 7.11 Å². The zero-order valence-corrected chi connectivity index (χ0v) is 11.5. The molecule has 0 N–H and O–H groups in total. The second-order valence-corrected chi connectivity index (χ2v) is 4.27. The zero-order valence-electron chi connectivity index (χ0n) is 11.5. The molecule has 1 aromatic carbocycles. The maximum absolute atomic E-state index is 11.6. The van der Waals surface area contributed by atoms with Crippen LogP contribution in [0.4, 0.5) is 0 Å². The lowest BCUT2D eigenvalue weighted by molar-refractivity contribution is -0.137. The highest BCUT2D eigenvalue weighted by Gasteiger charge is 2.13. The molecule has 0 aliphatic carbocycles. The predicted molar refractivity (Wildman–Crippen MR) is 72.7 cm³/mol. The lowest BCUT2D eigenvalue weighted by Crippen LogP contribution is -2.15. The van der Waals surface area contributed by atoms with Crippen LogP contribution in [-0.2, 0) is 4.79 Å². The summed E-state index contributed by atoms with van der Waals surface area (Å²) in [7, 11) is 1.45. The molecule has 0 heterocycles. The van der Waals surface area contributed by atoms with E-state index in [0.717, 1.165) is 0 Å². The van der Waals surface area contributed by atoms with Gasteiger partial charge in [-0.2, -0.15) is 10.5 Å². The van der Waals surface area contributed by atoms with Crippen molar-refractivity contribution in [2.45, 2.75) is 13.8 Å². The molecule has 0 aromatic heterocycles. The summed E-state index contributed by atoms with van der Waals surface area (Å²) in [5, 5.41) is 17.4. The Bertz CT molecular complexity index is 603. The first-order chi connectivity index (χ1) is 9.51. The fourth-order valence-corrected chi connectivity index (χ4v) is 1.34. The molecule has 1 aromatic rings. The molecular weight excluding hydrogens is 256 g/mol. The van der Waals surface area contributed by atoms with E-state index < -0.39 is 0 Å². The van der Waals surface area contributed by atoms with E-state index in [9.17, 15) is 4.79 Å². The van der Waals surface area contributed by atoms with E-state index in [1.165, 1.54) is 13.2 Å². The number of carbonyl (C=O) groups excluding carboxylic acids is 1. The Morgan fingerprint density at radius 2 is 1.90 bits per heavy atom. The summed E-state index contributed by atoms with van der Waals surface area (Å²) in [5.41, 5.74) is 0.600. The second kappa shape index (κ2) is 6.96. The Morgan fingerprint density at radius 1 is 1.25 bits per heavy atom. The van der Waals surface area contributed by atoms with Crippen LogP contribution in [0.1, 0.15) is 19.4 Å². The summed E-state index contributed by atoms with van der Waals surface area (Å²) in [6, 6.07) is 8.35. The molecule has 0 unspecified atom stereocenters. The maximum atomic E-state index is 11.6. The minimum Gasteiger partial charge on any atom is -0.493 e. The van der Waals surface area contributed by atoms with Gasteiger partial charge in [-0.3, -0.25) is 4.79 Å². The van der Waals surface area contributed by atoms with Crippen molar-refractivity contribution < 1.29 is 14.3 Å². The summed E-state index contributed by atoms with van der Waals surface area (Å²) in [5.74, 6) is 0.0613. The van der Waals surface area contributed by atoms with Crippen molar-refractivity contribution in [3.63, 3.8) is 0 Å². The summed E-state index contributed by atoms with van der Waals surface area (Å²) in [6.45, 7) is 3.47. The van der Waals surface area contributed by atoms with Gasteiger partial charge in [-0.1, -0.05) is 19.9 Å². The smallest absolute Gasteiger partial charge is 0.313 e. The van der Waals surface area contributed by atoms with Crippen LogP contribution in [0.15, 0.2) is 23.8 Å². The zero-order chi connectivity index (χ0) is 15.1. The maximum Gasteiger partial charge on any atom is 0.313 e. The summed E-state index contributed by atoms with van der Waals surface area (Å²) in [4.78, 5) is 11.6. The fraction of sp³-hybridized carbons (Fsp3) is 0.267. The first-order valence-corrected chi connectivity index (χ1v) is 5.93. The first kappa shape index (κ1) is 15.3. The van der Waals surface area contributed by atoms with E-state index in [2.05, 4.69) is 0 Å². The molecule has 0 saturated heterocycles. The number of ether oxygens (including phenoxy) is 2. The monoisotopic (exact) mass is 270 g/mol. The molecular formula is C15H14N2O3. The number of hydrogen-bond donors (Lipinski definition) is 0. The van der Waals surface area contributed by atoms with Crippen molar-refractivity contribution in [3.05, 3.63) is 29.3 Å². The minimum atomic E-state index is -0.360. The number of hydrogen-bond acceptors (Lipinski definition) is 5. The lowest BCUT2D eigenvalue weighted by Gasteiger charge is -2.11. The predicted octanol–water partition coefficient (Wildman–Crippen LogP) is 2.69. The largest absolute Gasteiger partial charge is 0.493 e. The highest BCUT2D eigenvalue weighted by molar-refractivity contribution is 5.75. The van der Waals surface area contributed by atoms with Gasteiger partial charge in [0.1, 0.15) is 17.7 Å². The Balaban J connectivity index is 3.10. The average molecular weight is 270 g/mol. The lowest BCUT2D eigenvalue weighted by atomic mass is 10.1. The Morgan fingerprint density at radius 3 is 2.40 bits per heavy atom. The summed E-state index contributed by atoms with van der Waals surface area (Å²) < 4.78 is 10.3. The van der Waals surface area contributed by atoms with Crippen LogP contribution >= 0.6 is 0 Å². The number of nitrogens with zero attached hydrogens (tertiary/aromatic N) is 2. The SMILES string of the molecule is COc1cc(C=C(C#N)C#N)ccc1OC(=O)C(C)C. The number of benzene rings is 1. The van der Waals surface area contributed by atoms with Gasteiger partial charge in [-0.05, 0) is 23.8 Å². The fourth-order valence-electron chi connectivity index (χ4n) is 1.34. The van der Waals surface area contributed by atoms with E-state index in [1.54, 1.807) is 44.2 Å². The van der Waals surface area contributed by atoms with Crippen LogP contribution in [0.3, 0.4) is 0 Å². The second-order valence-electron chi connectivity index (χ2n) is 4.27. The number of esters is 1. The van der Waals surface area contributed by atoms with Gasteiger partial charge < -0.3 is 9.47 Å². The minimum absolute atomic E-state index is 0.0148. The molecule has 0 saturated carbocycles. The van der Waals surface area contributed by atoms with Crippen molar-refractivity contribution in [1.82, 2.24) is 0 Å². The van der Waals surface area contributed by atoms with Crippen LogP contribution in [0.2, 0.25) is 0 Å². The standard InChI is InChI=1S/C15H14N2O3/c1-10(2)15(18)20-13-5-4-11(7-14(13)19-3)6-12(8-16)9-17/h4-7,10H,1-3H3. The molecule has 0 fully saturated rings. The van der Waals surface area contributed by atoms with E-state index in [-0.39, 0.29) is 17.5 Å². The number of nitriles is 2. The van der Waals surface area contributed by atoms with Gasteiger partial charge in [-0.15, -0.1) is 0 Å². The molecule has 0 amide bonds. The third-order valence-corrected chi connectivity index (χ3v) is 2.42. The molecule has 1 rings (SSSR count). The molecule has 5 nitrogen and oxygen atoms in total. The number of carbonyl (C=O) groups is 1.